The lowest BCUT2D eigenvalue weighted by Crippen LogP contribution is -2.46. The van der Waals surface area contributed by atoms with E-state index in [-0.39, 0.29) is 6.04 Å². The monoisotopic (exact) mass is 233 g/mol. The Hall–Kier alpha value is -0.860. The molecular formula is C15H23NO. The summed E-state index contributed by atoms with van der Waals surface area (Å²) in [6.45, 7) is 8.31. The van der Waals surface area contributed by atoms with Gasteiger partial charge in [0.05, 0.1) is 5.60 Å². The lowest BCUT2D eigenvalue weighted by Gasteiger charge is -2.34. The van der Waals surface area contributed by atoms with Crippen LogP contribution in [-0.2, 0) is 6.54 Å². The molecule has 1 aromatic carbocycles. The molecule has 1 aromatic rings. The first kappa shape index (κ1) is 12.6. The van der Waals surface area contributed by atoms with Crippen molar-refractivity contribution in [3.8, 4) is 0 Å². The highest BCUT2D eigenvalue weighted by atomic mass is 16.3. The average molecular weight is 233 g/mol. The molecule has 2 rings (SSSR count). The third kappa shape index (κ3) is 2.38. The first-order valence-corrected chi connectivity index (χ1v) is 6.54. The van der Waals surface area contributed by atoms with Gasteiger partial charge in [-0.05, 0) is 24.8 Å². The Morgan fingerprint density at radius 1 is 1.35 bits per heavy atom. The van der Waals surface area contributed by atoms with Gasteiger partial charge in [-0.25, -0.2) is 0 Å². The van der Waals surface area contributed by atoms with Gasteiger partial charge in [0.2, 0.25) is 0 Å². The van der Waals surface area contributed by atoms with Crippen LogP contribution in [0.3, 0.4) is 0 Å². The van der Waals surface area contributed by atoms with Gasteiger partial charge in [-0.3, -0.25) is 4.90 Å². The fourth-order valence-electron chi connectivity index (χ4n) is 2.85. The fraction of sp³-hybridized carbons (Fsp3) is 0.600. The van der Waals surface area contributed by atoms with Gasteiger partial charge in [0.15, 0.2) is 0 Å². The maximum Gasteiger partial charge on any atom is 0.0834 e. The molecule has 2 heteroatoms. The molecule has 0 radical (unpaired) electrons. The lowest BCUT2D eigenvalue weighted by molar-refractivity contribution is -0.0305. The van der Waals surface area contributed by atoms with Crippen molar-refractivity contribution < 1.29 is 5.11 Å². The quantitative estimate of drug-likeness (QED) is 0.867. The van der Waals surface area contributed by atoms with E-state index in [0.29, 0.717) is 5.92 Å². The van der Waals surface area contributed by atoms with Gasteiger partial charge in [-0.15, -0.1) is 0 Å². The molecule has 0 spiro atoms. The summed E-state index contributed by atoms with van der Waals surface area (Å²) >= 11 is 0. The highest BCUT2D eigenvalue weighted by molar-refractivity contribution is 5.15. The smallest absolute Gasteiger partial charge is 0.0834 e. The molecule has 1 aliphatic rings. The third-order valence-electron chi connectivity index (χ3n) is 4.30. The Labute approximate surface area is 104 Å². The van der Waals surface area contributed by atoms with E-state index in [1.165, 1.54) is 5.56 Å². The average Bonchev–Trinajstić information content (AvgIpc) is 2.60. The Morgan fingerprint density at radius 3 is 2.53 bits per heavy atom. The molecule has 0 saturated carbocycles. The molecule has 17 heavy (non-hydrogen) atoms. The molecule has 1 fully saturated rings. The summed E-state index contributed by atoms with van der Waals surface area (Å²) < 4.78 is 0. The van der Waals surface area contributed by atoms with E-state index < -0.39 is 5.60 Å². The standard InChI is InChI=1S/C15H23NO/c1-12(2)15(17)9-10-16(13(15)3)11-14-7-5-4-6-8-14/h4-8,12-13,17H,9-11H2,1-3H3. The van der Waals surface area contributed by atoms with Gasteiger partial charge in [0.25, 0.3) is 0 Å². The minimum atomic E-state index is -0.519. The molecule has 1 heterocycles. The molecule has 0 amide bonds. The zero-order valence-corrected chi connectivity index (χ0v) is 11.1. The summed E-state index contributed by atoms with van der Waals surface area (Å²) in [5.74, 6) is 0.318. The molecule has 1 aliphatic heterocycles. The van der Waals surface area contributed by atoms with E-state index in [9.17, 15) is 5.11 Å². The zero-order valence-electron chi connectivity index (χ0n) is 11.1. The molecule has 0 aliphatic carbocycles. The number of aliphatic hydroxyl groups is 1. The number of benzene rings is 1. The van der Waals surface area contributed by atoms with Crippen molar-refractivity contribution in [2.45, 2.75) is 45.4 Å². The molecule has 0 bridgehead atoms. The van der Waals surface area contributed by atoms with Crippen LogP contribution in [0.1, 0.15) is 32.8 Å². The Bertz CT molecular complexity index is 362. The molecule has 2 nitrogen and oxygen atoms in total. The molecular weight excluding hydrogens is 210 g/mol. The molecule has 1 N–H and O–H groups in total. The van der Waals surface area contributed by atoms with Crippen molar-refractivity contribution >= 4 is 0 Å². The van der Waals surface area contributed by atoms with Crippen LogP contribution in [0.5, 0.6) is 0 Å². The van der Waals surface area contributed by atoms with E-state index in [0.717, 1.165) is 19.5 Å². The second-order valence-electron chi connectivity index (χ2n) is 5.53. The van der Waals surface area contributed by atoms with Gasteiger partial charge in [-0.1, -0.05) is 44.2 Å². The largest absolute Gasteiger partial charge is 0.388 e. The van der Waals surface area contributed by atoms with Crippen LogP contribution in [0.25, 0.3) is 0 Å². The first-order chi connectivity index (χ1) is 8.04. The first-order valence-electron chi connectivity index (χ1n) is 6.54. The molecule has 0 aromatic heterocycles. The number of rotatable bonds is 3. The second kappa shape index (κ2) is 4.79. The number of nitrogens with zero attached hydrogens (tertiary/aromatic N) is 1. The van der Waals surface area contributed by atoms with Gasteiger partial charge < -0.3 is 5.11 Å². The normalized spacial score (nSPS) is 30.1. The maximum atomic E-state index is 10.6. The summed E-state index contributed by atoms with van der Waals surface area (Å²) in [6, 6.07) is 10.7. The molecule has 2 unspecified atom stereocenters. The maximum absolute atomic E-state index is 10.6. The number of hydrogen-bond donors (Lipinski definition) is 1. The van der Waals surface area contributed by atoms with Crippen LogP contribution in [0.15, 0.2) is 30.3 Å². The SMILES string of the molecule is CC(C)C1(O)CCN(Cc2ccccc2)C1C. The van der Waals surface area contributed by atoms with Gasteiger partial charge in [-0.2, -0.15) is 0 Å². The van der Waals surface area contributed by atoms with Crippen molar-refractivity contribution in [1.82, 2.24) is 4.90 Å². The van der Waals surface area contributed by atoms with Crippen LogP contribution in [0.4, 0.5) is 0 Å². The van der Waals surface area contributed by atoms with Gasteiger partial charge in [0.1, 0.15) is 0 Å². The van der Waals surface area contributed by atoms with Gasteiger partial charge >= 0.3 is 0 Å². The second-order valence-corrected chi connectivity index (χ2v) is 5.53. The number of hydrogen-bond acceptors (Lipinski definition) is 2. The van der Waals surface area contributed by atoms with Crippen molar-refractivity contribution in [1.29, 1.82) is 0 Å². The van der Waals surface area contributed by atoms with E-state index >= 15 is 0 Å². The van der Waals surface area contributed by atoms with Crippen LogP contribution >= 0.6 is 0 Å². The van der Waals surface area contributed by atoms with Gasteiger partial charge in [0, 0.05) is 19.1 Å². The van der Waals surface area contributed by atoms with Crippen LogP contribution in [0, 0.1) is 5.92 Å². The minimum Gasteiger partial charge on any atom is -0.388 e. The van der Waals surface area contributed by atoms with E-state index in [1.807, 2.05) is 6.07 Å². The third-order valence-corrected chi connectivity index (χ3v) is 4.30. The van der Waals surface area contributed by atoms with Crippen LogP contribution in [-0.4, -0.2) is 28.2 Å². The van der Waals surface area contributed by atoms with E-state index in [4.69, 9.17) is 0 Å². The zero-order chi connectivity index (χ0) is 12.5. The summed E-state index contributed by atoms with van der Waals surface area (Å²) in [4.78, 5) is 2.38. The molecule has 2 atom stereocenters. The predicted octanol–water partition coefficient (Wildman–Crippen LogP) is 2.67. The Kier molecular flexibility index (Phi) is 3.55. The summed E-state index contributed by atoms with van der Waals surface area (Å²) in [7, 11) is 0. The van der Waals surface area contributed by atoms with Crippen molar-refractivity contribution in [2.24, 2.45) is 5.92 Å². The molecule has 1 saturated heterocycles. The fourth-order valence-corrected chi connectivity index (χ4v) is 2.85. The highest BCUT2D eigenvalue weighted by Gasteiger charge is 2.45. The summed E-state index contributed by atoms with van der Waals surface area (Å²) in [5.41, 5.74) is 0.807. The van der Waals surface area contributed by atoms with E-state index in [1.54, 1.807) is 0 Å². The summed E-state index contributed by atoms with van der Waals surface area (Å²) in [5, 5.41) is 10.6. The number of likely N-dealkylation sites (tertiary alicyclic amines) is 1. The lowest BCUT2D eigenvalue weighted by atomic mass is 9.84. The predicted molar refractivity (Wildman–Crippen MR) is 70.7 cm³/mol. The van der Waals surface area contributed by atoms with Crippen molar-refractivity contribution in [3.05, 3.63) is 35.9 Å². The Balaban J connectivity index is 2.06. The highest BCUT2D eigenvalue weighted by Crippen LogP contribution is 2.35. The Morgan fingerprint density at radius 2 is 2.00 bits per heavy atom. The topological polar surface area (TPSA) is 23.5 Å². The van der Waals surface area contributed by atoms with Crippen molar-refractivity contribution in [2.75, 3.05) is 6.54 Å². The summed E-state index contributed by atoms with van der Waals surface area (Å²) in [6.07, 6.45) is 0.888. The van der Waals surface area contributed by atoms with Crippen LogP contribution in [0.2, 0.25) is 0 Å². The molecule has 94 valence electrons. The van der Waals surface area contributed by atoms with E-state index in [2.05, 4.69) is 49.9 Å². The minimum absolute atomic E-state index is 0.239. The van der Waals surface area contributed by atoms with Crippen LogP contribution < -0.4 is 0 Å². The van der Waals surface area contributed by atoms with Crippen molar-refractivity contribution in [3.63, 3.8) is 0 Å².